The number of hydrogen-bond acceptors (Lipinski definition) is 4. The first kappa shape index (κ1) is 13.2. The SMILES string of the molecule is COc1cccc(CCNc2ccc(OC)nc2)c1. The Morgan fingerprint density at radius 3 is 2.68 bits per heavy atom. The zero-order chi connectivity index (χ0) is 13.5. The van der Waals surface area contributed by atoms with Gasteiger partial charge in [0, 0.05) is 12.6 Å². The van der Waals surface area contributed by atoms with E-state index in [1.807, 2.05) is 30.3 Å². The van der Waals surface area contributed by atoms with Crippen LogP contribution in [-0.4, -0.2) is 25.7 Å². The lowest BCUT2D eigenvalue weighted by Crippen LogP contribution is -2.05. The molecule has 0 saturated carbocycles. The van der Waals surface area contributed by atoms with Gasteiger partial charge >= 0.3 is 0 Å². The smallest absolute Gasteiger partial charge is 0.213 e. The first-order valence-electron chi connectivity index (χ1n) is 6.18. The second kappa shape index (κ2) is 6.64. The van der Waals surface area contributed by atoms with Crippen LogP contribution in [-0.2, 0) is 6.42 Å². The van der Waals surface area contributed by atoms with E-state index in [0.29, 0.717) is 5.88 Å². The third-order valence-electron chi connectivity index (χ3n) is 2.82. The van der Waals surface area contributed by atoms with Crippen LogP contribution in [0.3, 0.4) is 0 Å². The predicted molar refractivity (Wildman–Crippen MR) is 76.0 cm³/mol. The minimum Gasteiger partial charge on any atom is -0.497 e. The molecule has 100 valence electrons. The Kier molecular flexibility index (Phi) is 4.61. The summed E-state index contributed by atoms with van der Waals surface area (Å²) < 4.78 is 10.2. The molecule has 1 N–H and O–H groups in total. The number of hydrogen-bond donors (Lipinski definition) is 1. The molecule has 0 spiro atoms. The highest BCUT2D eigenvalue weighted by atomic mass is 16.5. The quantitative estimate of drug-likeness (QED) is 0.865. The minimum atomic E-state index is 0.623. The fourth-order valence-corrected chi connectivity index (χ4v) is 1.78. The highest BCUT2D eigenvalue weighted by Gasteiger charge is 1.97. The standard InChI is InChI=1S/C15H18N2O2/c1-18-14-5-3-4-12(10-14)8-9-16-13-6-7-15(19-2)17-11-13/h3-7,10-11,16H,8-9H2,1-2H3. The van der Waals surface area contributed by atoms with Crippen molar-refractivity contribution in [3.63, 3.8) is 0 Å². The molecule has 0 aliphatic heterocycles. The molecule has 19 heavy (non-hydrogen) atoms. The number of ether oxygens (including phenoxy) is 2. The van der Waals surface area contributed by atoms with Gasteiger partial charge in [0.05, 0.1) is 26.1 Å². The summed E-state index contributed by atoms with van der Waals surface area (Å²) in [6, 6.07) is 11.9. The van der Waals surface area contributed by atoms with Crippen molar-refractivity contribution in [2.45, 2.75) is 6.42 Å². The molecule has 0 aliphatic carbocycles. The lowest BCUT2D eigenvalue weighted by molar-refractivity contribution is 0.398. The molecular formula is C15H18N2O2. The molecular weight excluding hydrogens is 240 g/mol. The van der Waals surface area contributed by atoms with Crippen LogP contribution < -0.4 is 14.8 Å². The monoisotopic (exact) mass is 258 g/mol. The third kappa shape index (κ3) is 3.88. The van der Waals surface area contributed by atoms with Crippen LogP contribution in [0.15, 0.2) is 42.6 Å². The van der Waals surface area contributed by atoms with Gasteiger partial charge in [0.25, 0.3) is 0 Å². The number of nitrogens with one attached hydrogen (secondary N) is 1. The number of rotatable bonds is 6. The van der Waals surface area contributed by atoms with Crippen molar-refractivity contribution < 1.29 is 9.47 Å². The second-order valence-corrected chi connectivity index (χ2v) is 4.12. The van der Waals surface area contributed by atoms with E-state index in [4.69, 9.17) is 9.47 Å². The van der Waals surface area contributed by atoms with Crippen molar-refractivity contribution >= 4 is 5.69 Å². The Labute approximate surface area is 113 Å². The summed E-state index contributed by atoms with van der Waals surface area (Å²) in [4.78, 5) is 4.15. The normalized spacial score (nSPS) is 10.0. The van der Waals surface area contributed by atoms with E-state index in [0.717, 1.165) is 24.4 Å². The molecule has 0 unspecified atom stereocenters. The number of methoxy groups -OCH3 is 2. The van der Waals surface area contributed by atoms with E-state index in [9.17, 15) is 0 Å². The van der Waals surface area contributed by atoms with Crippen molar-refractivity contribution in [3.05, 3.63) is 48.2 Å². The zero-order valence-electron chi connectivity index (χ0n) is 11.2. The third-order valence-corrected chi connectivity index (χ3v) is 2.82. The Morgan fingerprint density at radius 1 is 1.11 bits per heavy atom. The lowest BCUT2D eigenvalue weighted by atomic mass is 10.1. The van der Waals surface area contributed by atoms with Gasteiger partial charge in [0.2, 0.25) is 5.88 Å². The van der Waals surface area contributed by atoms with Crippen LogP contribution in [0.4, 0.5) is 5.69 Å². The number of benzene rings is 1. The maximum Gasteiger partial charge on any atom is 0.213 e. The molecule has 1 heterocycles. The second-order valence-electron chi connectivity index (χ2n) is 4.12. The van der Waals surface area contributed by atoms with Crippen LogP contribution >= 0.6 is 0 Å². The van der Waals surface area contributed by atoms with Gasteiger partial charge in [-0.25, -0.2) is 4.98 Å². The Balaban J connectivity index is 1.85. The summed E-state index contributed by atoms with van der Waals surface area (Å²) >= 11 is 0. The summed E-state index contributed by atoms with van der Waals surface area (Å²) in [6.45, 7) is 0.848. The van der Waals surface area contributed by atoms with Gasteiger partial charge in [-0.1, -0.05) is 12.1 Å². The fraction of sp³-hybridized carbons (Fsp3) is 0.267. The van der Waals surface area contributed by atoms with Gasteiger partial charge in [0.1, 0.15) is 5.75 Å². The Bertz CT molecular complexity index is 512. The van der Waals surface area contributed by atoms with Crippen LogP contribution in [0.5, 0.6) is 11.6 Å². The maximum atomic E-state index is 5.20. The minimum absolute atomic E-state index is 0.623. The number of pyridine rings is 1. The van der Waals surface area contributed by atoms with E-state index in [1.54, 1.807) is 20.4 Å². The molecule has 2 aromatic rings. The van der Waals surface area contributed by atoms with Gasteiger partial charge in [-0.05, 0) is 30.2 Å². The predicted octanol–water partition coefficient (Wildman–Crippen LogP) is 2.75. The van der Waals surface area contributed by atoms with Crippen LogP contribution in [0.25, 0.3) is 0 Å². The van der Waals surface area contributed by atoms with E-state index in [1.165, 1.54) is 5.56 Å². The molecule has 0 atom stereocenters. The molecule has 0 radical (unpaired) electrons. The molecule has 0 aliphatic rings. The molecule has 0 bridgehead atoms. The number of nitrogens with zero attached hydrogens (tertiary/aromatic N) is 1. The molecule has 4 nitrogen and oxygen atoms in total. The van der Waals surface area contributed by atoms with Gasteiger partial charge in [0.15, 0.2) is 0 Å². The molecule has 2 rings (SSSR count). The first-order valence-corrected chi connectivity index (χ1v) is 6.18. The fourth-order valence-electron chi connectivity index (χ4n) is 1.78. The van der Waals surface area contributed by atoms with Gasteiger partial charge in [-0.15, -0.1) is 0 Å². The molecule has 0 fully saturated rings. The average molecular weight is 258 g/mol. The van der Waals surface area contributed by atoms with E-state index in [-0.39, 0.29) is 0 Å². The average Bonchev–Trinajstić information content (AvgIpc) is 2.48. The lowest BCUT2D eigenvalue weighted by Gasteiger charge is -2.07. The molecule has 0 amide bonds. The molecule has 1 aromatic heterocycles. The Morgan fingerprint density at radius 2 is 2.00 bits per heavy atom. The van der Waals surface area contributed by atoms with Crippen LogP contribution in [0, 0.1) is 0 Å². The maximum absolute atomic E-state index is 5.20. The highest BCUT2D eigenvalue weighted by molar-refractivity contribution is 5.42. The number of anilines is 1. The summed E-state index contributed by atoms with van der Waals surface area (Å²) in [5.41, 5.74) is 2.23. The molecule has 0 saturated heterocycles. The van der Waals surface area contributed by atoms with E-state index in [2.05, 4.69) is 16.4 Å². The van der Waals surface area contributed by atoms with Crippen molar-refractivity contribution in [2.75, 3.05) is 26.1 Å². The van der Waals surface area contributed by atoms with E-state index >= 15 is 0 Å². The summed E-state index contributed by atoms with van der Waals surface area (Å²) in [5, 5.41) is 3.32. The largest absolute Gasteiger partial charge is 0.497 e. The summed E-state index contributed by atoms with van der Waals surface area (Å²) in [7, 11) is 3.29. The Hall–Kier alpha value is -2.23. The first-order chi connectivity index (χ1) is 9.31. The number of aromatic nitrogens is 1. The van der Waals surface area contributed by atoms with Crippen molar-refractivity contribution in [2.24, 2.45) is 0 Å². The zero-order valence-corrected chi connectivity index (χ0v) is 11.2. The summed E-state index contributed by atoms with van der Waals surface area (Å²) in [6.07, 6.45) is 2.70. The van der Waals surface area contributed by atoms with Crippen molar-refractivity contribution in [1.82, 2.24) is 4.98 Å². The van der Waals surface area contributed by atoms with Crippen LogP contribution in [0.1, 0.15) is 5.56 Å². The van der Waals surface area contributed by atoms with Crippen molar-refractivity contribution in [1.29, 1.82) is 0 Å². The summed E-state index contributed by atoms with van der Waals surface area (Å²) in [5.74, 6) is 1.52. The van der Waals surface area contributed by atoms with E-state index < -0.39 is 0 Å². The highest BCUT2D eigenvalue weighted by Crippen LogP contribution is 2.14. The topological polar surface area (TPSA) is 43.4 Å². The van der Waals surface area contributed by atoms with Gasteiger partial charge in [-0.2, -0.15) is 0 Å². The van der Waals surface area contributed by atoms with Gasteiger partial charge in [-0.3, -0.25) is 0 Å². The van der Waals surface area contributed by atoms with Crippen molar-refractivity contribution in [3.8, 4) is 11.6 Å². The van der Waals surface area contributed by atoms with Crippen LogP contribution in [0.2, 0.25) is 0 Å². The molecule has 4 heteroatoms. The van der Waals surface area contributed by atoms with Gasteiger partial charge < -0.3 is 14.8 Å². The molecule has 1 aromatic carbocycles.